The third-order valence-corrected chi connectivity index (χ3v) is 5.58. The van der Waals surface area contributed by atoms with Gasteiger partial charge in [-0.15, -0.1) is 10.2 Å². The van der Waals surface area contributed by atoms with Crippen molar-refractivity contribution >= 4 is 46.6 Å². The van der Waals surface area contributed by atoms with E-state index in [1.807, 2.05) is 0 Å². The lowest BCUT2D eigenvalue weighted by atomic mass is 10.1. The normalized spacial score (nSPS) is 10.6. The van der Waals surface area contributed by atoms with Gasteiger partial charge in [0.25, 0.3) is 11.8 Å². The van der Waals surface area contributed by atoms with Gasteiger partial charge in [-0.25, -0.2) is 9.97 Å². The summed E-state index contributed by atoms with van der Waals surface area (Å²) in [6.45, 7) is 0. The third kappa shape index (κ3) is 5.44. The summed E-state index contributed by atoms with van der Waals surface area (Å²) in [5.74, 6) is 0.631. The number of anilines is 4. The van der Waals surface area contributed by atoms with E-state index in [-0.39, 0.29) is 23.1 Å². The zero-order valence-corrected chi connectivity index (χ0v) is 21.9. The Morgan fingerprint density at radius 2 is 1.84 bits per heavy atom. The second-order valence-electron chi connectivity index (χ2n) is 8.02. The van der Waals surface area contributed by atoms with E-state index >= 15 is 0 Å². The van der Waals surface area contributed by atoms with Gasteiger partial charge in [0.1, 0.15) is 10.8 Å². The lowest BCUT2D eigenvalue weighted by Gasteiger charge is -2.16. The molecule has 3 N–H and O–H groups in total. The van der Waals surface area contributed by atoms with Crippen LogP contribution >= 0.6 is 11.6 Å². The Morgan fingerprint density at radius 3 is 2.45 bits per heavy atom. The molecular weight excluding hydrogens is 514 g/mol. The van der Waals surface area contributed by atoms with Crippen LogP contribution in [-0.2, 0) is 7.05 Å². The van der Waals surface area contributed by atoms with Crippen LogP contribution in [0.3, 0.4) is 0 Å². The highest BCUT2D eigenvalue weighted by Crippen LogP contribution is 2.36. The molecule has 196 valence electrons. The minimum atomic E-state index is -0.463. The summed E-state index contributed by atoms with van der Waals surface area (Å²) >= 11 is 6.07. The van der Waals surface area contributed by atoms with Crippen molar-refractivity contribution in [2.24, 2.45) is 7.05 Å². The van der Waals surface area contributed by atoms with E-state index in [9.17, 15) is 9.59 Å². The number of hydrogen-bond donors (Lipinski definition) is 3. The molecule has 0 aliphatic carbocycles. The number of nitrogens with zero attached hydrogens (tertiary/aromatic N) is 8. The van der Waals surface area contributed by atoms with E-state index in [1.165, 1.54) is 36.1 Å². The Labute approximate surface area is 222 Å². The molecule has 4 heterocycles. The molecule has 0 saturated heterocycles. The molecule has 0 saturated carbocycles. The van der Waals surface area contributed by atoms with Crippen LogP contribution in [0.1, 0.15) is 21.0 Å². The number of rotatable bonds is 8. The molecule has 38 heavy (non-hydrogen) atoms. The molecule has 0 bridgehead atoms. The molecule has 0 aliphatic rings. The van der Waals surface area contributed by atoms with E-state index in [2.05, 4.69) is 46.2 Å². The highest BCUT2D eigenvalue weighted by molar-refractivity contribution is 6.29. The Morgan fingerprint density at radius 1 is 1.05 bits per heavy atom. The van der Waals surface area contributed by atoms with Crippen LogP contribution in [0.25, 0.3) is 11.3 Å². The maximum absolute atomic E-state index is 12.5. The van der Waals surface area contributed by atoms with Crippen LogP contribution in [0.4, 0.5) is 23.1 Å². The molecule has 2 amide bonds. The van der Waals surface area contributed by atoms with E-state index in [1.54, 1.807) is 45.5 Å². The lowest BCUT2D eigenvalue weighted by molar-refractivity contribution is 0.0821. The number of ether oxygens (including phenoxy) is 1. The Kier molecular flexibility index (Phi) is 7.62. The second kappa shape index (κ2) is 11.0. The summed E-state index contributed by atoms with van der Waals surface area (Å²) in [4.78, 5) is 39.1. The predicted octanol–water partition coefficient (Wildman–Crippen LogP) is 2.27. The molecular formula is C23H24ClN11O3. The van der Waals surface area contributed by atoms with Gasteiger partial charge >= 0.3 is 0 Å². The number of pyridine rings is 1. The molecule has 15 heteroatoms. The van der Waals surface area contributed by atoms with Crippen molar-refractivity contribution in [2.75, 3.05) is 38.9 Å². The van der Waals surface area contributed by atoms with Crippen LogP contribution in [0.2, 0.25) is 5.15 Å². The first-order valence-corrected chi connectivity index (χ1v) is 11.5. The maximum Gasteiger partial charge on any atom is 0.273 e. The first-order valence-electron chi connectivity index (χ1n) is 11.1. The van der Waals surface area contributed by atoms with Crippen molar-refractivity contribution in [1.29, 1.82) is 0 Å². The number of carbonyl (C=O) groups excluding carboxylic acids is 2. The number of carbonyl (C=O) groups is 2. The number of nitrogens with one attached hydrogen (secondary N) is 3. The SMILES string of the molecule is CNC(=O)c1nnc(Nc2cc(Cl)n(C)n2)cc1Nc1nccc(-c2cnc(C(=O)N(C)C)cn2)c1OC. The molecule has 4 aromatic heterocycles. The molecule has 0 unspecified atom stereocenters. The average molecular weight is 538 g/mol. The number of amides is 2. The summed E-state index contributed by atoms with van der Waals surface area (Å²) < 4.78 is 7.13. The summed E-state index contributed by atoms with van der Waals surface area (Å²) in [5.41, 5.74) is 1.54. The van der Waals surface area contributed by atoms with Gasteiger partial charge < -0.3 is 25.6 Å². The van der Waals surface area contributed by atoms with Gasteiger partial charge in [-0.3, -0.25) is 19.3 Å². The summed E-state index contributed by atoms with van der Waals surface area (Å²) in [6, 6.07) is 4.90. The maximum atomic E-state index is 12.5. The molecule has 0 radical (unpaired) electrons. The van der Waals surface area contributed by atoms with Crippen molar-refractivity contribution in [3.05, 3.63) is 53.3 Å². The summed E-state index contributed by atoms with van der Waals surface area (Å²) in [5, 5.41) is 21.4. The number of aryl methyl sites for hydroxylation is 1. The van der Waals surface area contributed by atoms with Crippen LogP contribution in [0, 0.1) is 0 Å². The minimum absolute atomic E-state index is 0.0256. The van der Waals surface area contributed by atoms with Crippen molar-refractivity contribution in [1.82, 2.24) is 45.1 Å². The molecule has 0 aliphatic heterocycles. The molecule has 14 nitrogen and oxygen atoms in total. The van der Waals surface area contributed by atoms with E-state index in [0.717, 1.165) is 0 Å². The molecule has 0 spiro atoms. The highest BCUT2D eigenvalue weighted by Gasteiger charge is 2.20. The monoisotopic (exact) mass is 537 g/mol. The molecule has 0 aromatic carbocycles. The van der Waals surface area contributed by atoms with E-state index < -0.39 is 5.91 Å². The topological polar surface area (TPSA) is 165 Å². The average Bonchev–Trinajstić information content (AvgIpc) is 3.23. The number of aromatic nitrogens is 7. The fourth-order valence-electron chi connectivity index (χ4n) is 3.35. The largest absolute Gasteiger partial charge is 0.492 e. The summed E-state index contributed by atoms with van der Waals surface area (Å²) in [6.07, 6.45) is 4.41. The lowest BCUT2D eigenvalue weighted by Crippen LogP contribution is -2.22. The Balaban J connectivity index is 1.70. The van der Waals surface area contributed by atoms with Gasteiger partial charge in [-0.05, 0) is 6.07 Å². The smallest absolute Gasteiger partial charge is 0.273 e. The van der Waals surface area contributed by atoms with Crippen LogP contribution in [0.5, 0.6) is 5.75 Å². The Hall–Kier alpha value is -4.85. The van der Waals surface area contributed by atoms with E-state index in [0.29, 0.717) is 39.5 Å². The van der Waals surface area contributed by atoms with Crippen molar-refractivity contribution in [3.8, 4) is 17.0 Å². The molecule has 0 fully saturated rings. The van der Waals surface area contributed by atoms with Crippen LogP contribution in [0.15, 0.2) is 36.8 Å². The van der Waals surface area contributed by atoms with E-state index in [4.69, 9.17) is 16.3 Å². The second-order valence-corrected chi connectivity index (χ2v) is 8.41. The van der Waals surface area contributed by atoms with Gasteiger partial charge in [0, 0.05) is 52.1 Å². The first kappa shape index (κ1) is 26.2. The van der Waals surface area contributed by atoms with Gasteiger partial charge in [-0.2, -0.15) is 5.10 Å². The van der Waals surface area contributed by atoms with Crippen molar-refractivity contribution in [3.63, 3.8) is 0 Å². The van der Waals surface area contributed by atoms with Crippen molar-refractivity contribution < 1.29 is 14.3 Å². The van der Waals surface area contributed by atoms with Crippen molar-refractivity contribution in [2.45, 2.75) is 0 Å². The van der Waals surface area contributed by atoms with Crippen LogP contribution in [-0.4, -0.2) is 79.9 Å². The highest BCUT2D eigenvalue weighted by atomic mass is 35.5. The molecule has 0 atom stereocenters. The number of halogens is 1. The van der Waals surface area contributed by atoms with Gasteiger partial charge in [0.15, 0.2) is 28.9 Å². The zero-order chi connectivity index (χ0) is 27.4. The third-order valence-electron chi connectivity index (χ3n) is 5.23. The zero-order valence-electron chi connectivity index (χ0n) is 21.1. The number of methoxy groups -OCH3 is 1. The Bertz CT molecular complexity index is 1470. The first-order chi connectivity index (χ1) is 18.2. The predicted molar refractivity (Wildman–Crippen MR) is 140 cm³/mol. The molecule has 4 aromatic rings. The van der Waals surface area contributed by atoms with Crippen LogP contribution < -0.4 is 20.7 Å². The minimum Gasteiger partial charge on any atom is -0.492 e. The molecule has 4 rings (SSSR count). The van der Waals surface area contributed by atoms with Gasteiger partial charge in [-0.1, -0.05) is 11.6 Å². The fraction of sp³-hybridized carbons (Fsp3) is 0.217. The standard InChI is InChI=1S/C23H24ClN11O3/c1-25-22(36)19-13(8-17(31-32-19)30-18-9-16(24)35(4)33-18)29-21-20(38-5)12(6-7-26-21)14-10-28-15(11-27-14)23(37)34(2)3/h6-11H,1-5H3,(H,25,36)(H2,26,29,30,31,33). The summed E-state index contributed by atoms with van der Waals surface area (Å²) in [7, 11) is 7.93. The quantitative estimate of drug-likeness (QED) is 0.302. The fourth-order valence-corrected chi connectivity index (χ4v) is 3.49. The van der Waals surface area contributed by atoms with Gasteiger partial charge in [0.05, 0.1) is 30.9 Å². The number of hydrogen-bond acceptors (Lipinski definition) is 11. The van der Waals surface area contributed by atoms with Gasteiger partial charge in [0.2, 0.25) is 0 Å².